The number of hydrogen-bond donors (Lipinski definition) is 2. The summed E-state index contributed by atoms with van der Waals surface area (Å²) in [4.78, 5) is 15.7. The van der Waals surface area contributed by atoms with Gasteiger partial charge < -0.3 is 4.74 Å². The number of carbonyl (C=O) groups excluding carboxylic acids is 1. The second-order valence-corrected chi connectivity index (χ2v) is 7.52. The summed E-state index contributed by atoms with van der Waals surface area (Å²) >= 11 is 6.74. The van der Waals surface area contributed by atoms with Crippen molar-refractivity contribution < 1.29 is 26.5 Å². The minimum Gasteiger partial charge on any atom is -0.444 e. The quantitative estimate of drug-likeness (QED) is 0.727. The van der Waals surface area contributed by atoms with E-state index in [0.717, 1.165) is 30.5 Å². The maximum Gasteiger partial charge on any atom is 0.336 e. The molecule has 1 heterocycles. The number of rotatable bonds is 7. The summed E-state index contributed by atoms with van der Waals surface area (Å²) in [6, 6.07) is 3.72. The molecule has 2 aromatic rings. The van der Waals surface area contributed by atoms with Crippen LogP contribution in [-0.4, -0.2) is 33.0 Å². The summed E-state index contributed by atoms with van der Waals surface area (Å²) in [5, 5.41) is 3.05. The summed E-state index contributed by atoms with van der Waals surface area (Å²) in [6.07, 6.45) is 0. The number of aromatic nitrogens is 1. The summed E-state index contributed by atoms with van der Waals surface area (Å²) in [5.74, 6) is -1.09. The molecule has 0 saturated heterocycles. The van der Waals surface area contributed by atoms with Gasteiger partial charge in [-0.3, -0.25) is 10.1 Å². The number of anilines is 1. The van der Waals surface area contributed by atoms with Crippen LogP contribution in [0.15, 0.2) is 18.2 Å². The summed E-state index contributed by atoms with van der Waals surface area (Å²) < 4.78 is 47.3. The van der Waals surface area contributed by atoms with Gasteiger partial charge in [0.2, 0.25) is 5.06 Å². The molecule has 0 spiro atoms. The number of hydrogen-bond acceptors (Lipinski definition) is 7. The molecular weight excluding hydrogens is 397 g/mol. The standard InChI is InChI=1S/C13H13ClFN3O5S2/c1-7-12(23-10-4-8(14)3-9(15)5-10)24-13(17-7)18-11(19)6-22-25(20,21)16-2/h3-5,16H,6H2,1-2H3,(H,17,18,19). The zero-order chi connectivity index (χ0) is 18.6. The highest BCUT2D eigenvalue weighted by atomic mass is 35.5. The van der Waals surface area contributed by atoms with Crippen molar-refractivity contribution in [1.82, 2.24) is 9.71 Å². The second kappa shape index (κ2) is 8.06. The van der Waals surface area contributed by atoms with E-state index in [0.29, 0.717) is 10.8 Å². The molecule has 0 unspecified atom stereocenters. The minimum atomic E-state index is -3.96. The third-order valence-electron chi connectivity index (χ3n) is 2.64. The number of carbonyl (C=O) groups is 1. The van der Waals surface area contributed by atoms with Crippen LogP contribution < -0.4 is 14.8 Å². The Balaban J connectivity index is 2.03. The molecule has 2 N–H and O–H groups in total. The molecule has 136 valence electrons. The number of ether oxygens (including phenoxy) is 1. The molecule has 1 aromatic heterocycles. The van der Waals surface area contributed by atoms with Crippen LogP contribution in [-0.2, 0) is 19.3 Å². The Morgan fingerprint density at radius 1 is 1.40 bits per heavy atom. The van der Waals surface area contributed by atoms with Gasteiger partial charge in [0.15, 0.2) is 5.13 Å². The fraction of sp³-hybridized carbons (Fsp3) is 0.231. The molecule has 0 aliphatic carbocycles. The van der Waals surface area contributed by atoms with Gasteiger partial charge in [-0.05, 0) is 19.1 Å². The summed E-state index contributed by atoms with van der Waals surface area (Å²) in [7, 11) is -2.81. The number of benzene rings is 1. The lowest BCUT2D eigenvalue weighted by atomic mass is 10.3. The highest BCUT2D eigenvalue weighted by Gasteiger charge is 2.15. The number of aryl methyl sites for hydroxylation is 1. The van der Waals surface area contributed by atoms with Crippen LogP contribution in [0.25, 0.3) is 0 Å². The van der Waals surface area contributed by atoms with Gasteiger partial charge in [0, 0.05) is 18.1 Å². The number of nitrogens with zero attached hydrogens (tertiary/aromatic N) is 1. The first kappa shape index (κ1) is 19.5. The molecular formula is C13H13ClFN3O5S2. The van der Waals surface area contributed by atoms with Gasteiger partial charge in [-0.25, -0.2) is 13.6 Å². The fourth-order valence-electron chi connectivity index (χ4n) is 1.57. The predicted octanol–water partition coefficient (Wildman–Crippen LogP) is 2.46. The summed E-state index contributed by atoms with van der Waals surface area (Å²) in [5.41, 5.74) is 0.449. The van der Waals surface area contributed by atoms with Crippen molar-refractivity contribution in [3.63, 3.8) is 0 Å². The van der Waals surface area contributed by atoms with E-state index in [1.54, 1.807) is 6.92 Å². The number of halogens is 2. The van der Waals surface area contributed by atoms with E-state index in [1.165, 1.54) is 6.07 Å². The smallest absolute Gasteiger partial charge is 0.336 e. The van der Waals surface area contributed by atoms with E-state index in [9.17, 15) is 17.6 Å². The molecule has 0 atom stereocenters. The molecule has 2 rings (SSSR count). The minimum absolute atomic E-state index is 0.172. The third-order valence-corrected chi connectivity index (χ3v) is 4.74. The monoisotopic (exact) mass is 409 g/mol. The third kappa shape index (κ3) is 5.90. The van der Waals surface area contributed by atoms with E-state index in [-0.39, 0.29) is 15.9 Å². The lowest BCUT2D eigenvalue weighted by molar-refractivity contribution is -0.118. The maximum atomic E-state index is 13.3. The molecule has 1 amide bonds. The van der Waals surface area contributed by atoms with Crippen molar-refractivity contribution in [3.8, 4) is 10.8 Å². The predicted molar refractivity (Wildman–Crippen MR) is 90.9 cm³/mol. The van der Waals surface area contributed by atoms with Gasteiger partial charge in [-0.15, -0.1) is 0 Å². The van der Waals surface area contributed by atoms with Gasteiger partial charge in [0.1, 0.15) is 18.2 Å². The lowest BCUT2D eigenvalue weighted by Crippen LogP contribution is -2.27. The first-order valence-corrected chi connectivity index (χ1v) is 9.28. The van der Waals surface area contributed by atoms with Gasteiger partial charge in [-0.1, -0.05) is 22.9 Å². The van der Waals surface area contributed by atoms with Crippen LogP contribution in [0.3, 0.4) is 0 Å². The Hall–Kier alpha value is -1.79. The molecule has 0 saturated carbocycles. The topological polar surface area (TPSA) is 107 Å². The fourth-order valence-corrected chi connectivity index (χ4v) is 3.02. The van der Waals surface area contributed by atoms with Crippen LogP contribution in [0, 0.1) is 12.7 Å². The Bertz CT molecular complexity index is 868. The highest BCUT2D eigenvalue weighted by Crippen LogP contribution is 2.35. The van der Waals surface area contributed by atoms with Crippen LogP contribution in [0.5, 0.6) is 10.8 Å². The molecule has 0 aliphatic rings. The van der Waals surface area contributed by atoms with Gasteiger partial charge >= 0.3 is 10.3 Å². The molecule has 0 fully saturated rings. The Morgan fingerprint density at radius 3 is 2.76 bits per heavy atom. The first-order valence-electron chi connectivity index (χ1n) is 6.67. The van der Waals surface area contributed by atoms with Crippen molar-refractivity contribution >= 4 is 44.3 Å². The van der Waals surface area contributed by atoms with Crippen LogP contribution in [0.1, 0.15) is 5.69 Å². The van der Waals surface area contributed by atoms with Crippen molar-refractivity contribution in [2.45, 2.75) is 6.92 Å². The summed E-state index contributed by atoms with van der Waals surface area (Å²) in [6.45, 7) is 0.919. The van der Waals surface area contributed by atoms with Crippen molar-refractivity contribution in [2.75, 3.05) is 19.0 Å². The molecule has 8 nitrogen and oxygen atoms in total. The van der Waals surface area contributed by atoms with Gasteiger partial charge in [0.25, 0.3) is 5.91 Å². The Kier molecular flexibility index (Phi) is 6.30. The van der Waals surface area contributed by atoms with Crippen LogP contribution >= 0.6 is 22.9 Å². The molecule has 0 aliphatic heterocycles. The normalized spacial score (nSPS) is 11.4. The van der Waals surface area contributed by atoms with E-state index < -0.39 is 28.6 Å². The Morgan fingerprint density at radius 2 is 2.12 bits per heavy atom. The molecule has 0 bridgehead atoms. The van der Waals surface area contributed by atoms with Crippen LogP contribution in [0.2, 0.25) is 5.02 Å². The average Bonchev–Trinajstić information content (AvgIpc) is 2.84. The molecule has 0 radical (unpaired) electrons. The largest absolute Gasteiger partial charge is 0.444 e. The van der Waals surface area contributed by atoms with Gasteiger partial charge in [-0.2, -0.15) is 13.1 Å². The number of amides is 1. The van der Waals surface area contributed by atoms with Crippen LogP contribution in [0.4, 0.5) is 9.52 Å². The average molecular weight is 410 g/mol. The molecule has 25 heavy (non-hydrogen) atoms. The van der Waals surface area contributed by atoms with Crippen molar-refractivity contribution in [1.29, 1.82) is 0 Å². The number of thiazole rings is 1. The Labute approximate surface area is 152 Å². The van der Waals surface area contributed by atoms with E-state index >= 15 is 0 Å². The van der Waals surface area contributed by atoms with Crippen molar-refractivity contribution in [2.24, 2.45) is 0 Å². The molecule has 12 heteroatoms. The van der Waals surface area contributed by atoms with Crippen molar-refractivity contribution in [3.05, 3.63) is 34.7 Å². The zero-order valence-electron chi connectivity index (χ0n) is 13.0. The van der Waals surface area contributed by atoms with E-state index in [1.807, 2.05) is 4.72 Å². The SMILES string of the molecule is CNS(=O)(=O)OCC(=O)Nc1nc(C)c(Oc2cc(F)cc(Cl)c2)s1. The van der Waals surface area contributed by atoms with E-state index in [2.05, 4.69) is 14.5 Å². The van der Waals surface area contributed by atoms with Gasteiger partial charge in [0.05, 0.1) is 5.69 Å². The maximum absolute atomic E-state index is 13.3. The number of nitrogens with one attached hydrogen (secondary N) is 2. The highest BCUT2D eigenvalue weighted by molar-refractivity contribution is 7.84. The zero-order valence-corrected chi connectivity index (χ0v) is 15.4. The molecule has 1 aromatic carbocycles. The first-order chi connectivity index (χ1) is 11.7. The van der Waals surface area contributed by atoms with E-state index in [4.69, 9.17) is 16.3 Å². The lowest BCUT2D eigenvalue weighted by Gasteiger charge is -2.04. The second-order valence-electron chi connectivity index (χ2n) is 4.57.